The van der Waals surface area contributed by atoms with Gasteiger partial charge in [0.2, 0.25) is 0 Å². The highest BCUT2D eigenvalue weighted by Gasteiger charge is 2.25. The van der Waals surface area contributed by atoms with Crippen molar-refractivity contribution in [2.24, 2.45) is 0 Å². The Kier molecular flexibility index (Phi) is 5.68. The minimum atomic E-state index is -0.519. The number of ether oxygens (including phenoxy) is 1. The number of nitrogen functional groups attached to an aromatic ring is 1. The molecule has 38 heavy (non-hydrogen) atoms. The summed E-state index contributed by atoms with van der Waals surface area (Å²) in [6.07, 6.45) is 1.37. The van der Waals surface area contributed by atoms with Crippen molar-refractivity contribution in [3.05, 3.63) is 93.7 Å². The molecular formula is C28H23FN6O2S. The summed E-state index contributed by atoms with van der Waals surface area (Å²) in [7, 11) is 1.41. The average Bonchev–Trinajstić information content (AvgIpc) is 3.50. The highest BCUT2D eigenvalue weighted by atomic mass is 32.1. The summed E-state index contributed by atoms with van der Waals surface area (Å²) in [5.41, 5.74) is 10.7. The number of aromatic nitrogens is 5. The van der Waals surface area contributed by atoms with Gasteiger partial charge in [-0.25, -0.2) is 19.0 Å². The standard InChI is InChI=1S/C28H23FN6O2S/c1-15-13-38-22-12-19(23(28(36)34(15)22)17-7-5-4-6-8-17)16(2)35-27-24(26(30)31-14-32-27)25(33-35)18-9-10-21(37-3)20(29)11-18/h4-14,16H,1-3H3,(H2,30,31,32). The van der Waals surface area contributed by atoms with Crippen LogP contribution in [-0.2, 0) is 0 Å². The number of aryl methyl sites for hydroxylation is 1. The van der Waals surface area contributed by atoms with Crippen LogP contribution in [0.4, 0.5) is 10.2 Å². The Bertz CT molecular complexity index is 1890. The average molecular weight is 527 g/mol. The molecule has 0 saturated heterocycles. The number of rotatable bonds is 5. The molecule has 1 unspecified atom stereocenters. The van der Waals surface area contributed by atoms with Crippen molar-refractivity contribution >= 4 is 33.0 Å². The molecule has 2 N–H and O–H groups in total. The molecule has 0 aliphatic carbocycles. The van der Waals surface area contributed by atoms with Gasteiger partial charge in [-0.2, -0.15) is 5.10 Å². The molecule has 0 saturated carbocycles. The van der Waals surface area contributed by atoms with Gasteiger partial charge in [0.25, 0.3) is 5.56 Å². The Morgan fingerprint density at radius 2 is 1.87 bits per heavy atom. The third-order valence-electron chi connectivity index (χ3n) is 6.73. The van der Waals surface area contributed by atoms with Gasteiger partial charge >= 0.3 is 0 Å². The van der Waals surface area contributed by atoms with Gasteiger partial charge in [0.05, 0.1) is 24.1 Å². The quantitative estimate of drug-likeness (QED) is 0.319. The predicted molar refractivity (Wildman–Crippen MR) is 147 cm³/mol. The van der Waals surface area contributed by atoms with Crippen LogP contribution < -0.4 is 16.0 Å². The molecular weight excluding hydrogens is 503 g/mol. The second-order valence-corrected chi connectivity index (χ2v) is 9.86. The number of hydrogen-bond donors (Lipinski definition) is 1. The van der Waals surface area contributed by atoms with E-state index in [1.54, 1.807) is 21.2 Å². The molecule has 0 bridgehead atoms. The molecule has 8 nitrogen and oxygen atoms in total. The molecule has 6 rings (SSSR count). The SMILES string of the molecule is COc1ccc(-c2nn(C(C)c3cc4scc(C)n4c(=O)c3-c3ccccc3)c3ncnc(N)c23)cc1F. The zero-order chi connectivity index (χ0) is 26.6. The van der Waals surface area contributed by atoms with Crippen molar-refractivity contribution in [2.75, 3.05) is 12.8 Å². The molecule has 0 aliphatic heterocycles. The van der Waals surface area contributed by atoms with E-state index in [0.29, 0.717) is 27.9 Å². The van der Waals surface area contributed by atoms with E-state index in [0.717, 1.165) is 21.7 Å². The maximum absolute atomic E-state index is 14.6. The maximum atomic E-state index is 14.6. The Morgan fingerprint density at radius 1 is 1.08 bits per heavy atom. The van der Waals surface area contributed by atoms with Crippen LogP contribution in [0.15, 0.2) is 71.1 Å². The fraction of sp³-hybridized carbons (Fsp3) is 0.143. The lowest BCUT2D eigenvalue weighted by Crippen LogP contribution is -2.21. The number of nitrogens with two attached hydrogens (primary N) is 1. The van der Waals surface area contributed by atoms with Crippen LogP contribution >= 0.6 is 11.3 Å². The van der Waals surface area contributed by atoms with E-state index in [2.05, 4.69) is 9.97 Å². The molecule has 2 aromatic carbocycles. The minimum Gasteiger partial charge on any atom is -0.494 e. The summed E-state index contributed by atoms with van der Waals surface area (Å²) in [4.78, 5) is 23.3. The van der Waals surface area contributed by atoms with Gasteiger partial charge in [-0.05, 0) is 49.2 Å². The summed E-state index contributed by atoms with van der Waals surface area (Å²) < 4.78 is 23.2. The first kappa shape index (κ1) is 23.8. The van der Waals surface area contributed by atoms with E-state index >= 15 is 0 Å². The Labute approximate surface area is 220 Å². The minimum absolute atomic E-state index is 0.0997. The van der Waals surface area contributed by atoms with Crippen molar-refractivity contribution in [1.82, 2.24) is 24.1 Å². The number of anilines is 1. The third kappa shape index (κ3) is 3.64. The molecule has 4 aromatic heterocycles. The predicted octanol–water partition coefficient (Wildman–Crippen LogP) is 5.48. The van der Waals surface area contributed by atoms with E-state index in [1.807, 2.05) is 55.6 Å². The lowest BCUT2D eigenvalue weighted by molar-refractivity contribution is 0.386. The van der Waals surface area contributed by atoms with Crippen LogP contribution in [-0.4, -0.2) is 31.3 Å². The number of pyridine rings is 1. The van der Waals surface area contributed by atoms with Crippen molar-refractivity contribution in [3.8, 4) is 28.1 Å². The summed E-state index contributed by atoms with van der Waals surface area (Å²) >= 11 is 1.51. The first-order valence-corrected chi connectivity index (χ1v) is 12.8. The summed E-state index contributed by atoms with van der Waals surface area (Å²) in [6.45, 7) is 3.88. The monoisotopic (exact) mass is 526 g/mol. The van der Waals surface area contributed by atoms with Crippen LogP contribution in [0.1, 0.15) is 24.2 Å². The van der Waals surface area contributed by atoms with Crippen LogP contribution in [0.2, 0.25) is 0 Å². The lowest BCUT2D eigenvalue weighted by Gasteiger charge is -2.18. The zero-order valence-electron chi connectivity index (χ0n) is 20.8. The molecule has 190 valence electrons. The maximum Gasteiger partial charge on any atom is 0.264 e. The Balaban J connectivity index is 1.62. The highest BCUT2D eigenvalue weighted by Crippen LogP contribution is 2.37. The lowest BCUT2D eigenvalue weighted by atomic mass is 9.97. The number of halogens is 1. The van der Waals surface area contributed by atoms with E-state index in [1.165, 1.54) is 30.8 Å². The number of hydrogen-bond acceptors (Lipinski definition) is 7. The Morgan fingerprint density at radius 3 is 2.61 bits per heavy atom. The molecule has 10 heteroatoms. The Hall–Kier alpha value is -4.57. The summed E-state index contributed by atoms with van der Waals surface area (Å²) in [5.74, 6) is -0.163. The van der Waals surface area contributed by atoms with Crippen molar-refractivity contribution in [3.63, 3.8) is 0 Å². The largest absolute Gasteiger partial charge is 0.494 e. The van der Waals surface area contributed by atoms with Crippen molar-refractivity contribution < 1.29 is 9.13 Å². The number of methoxy groups -OCH3 is 1. The number of fused-ring (bicyclic) bond motifs is 2. The fourth-order valence-corrected chi connectivity index (χ4v) is 5.79. The normalized spacial score (nSPS) is 12.3. The first-order chi connectivity index (χ1) is 18.4. The van der Waals surface area contributed by atoms with Gasteiger partial charge in [-0.1, -0.05) is 30.3 Å². The van der Waals surface area contributed by atoms with Gasteiger partial charge in [-0.3, -0.25) is 9.20 Å². The van der Waals surface area contributed by atoms with Gasteiger partial charge < -0.3 is 10.5 Å². The van der Waals surface area contributed by atoms with Gasteiger partial charge in [0.1, 0.15) is 22.7 Å². The van der Waals surface area contributed by atoms with Crippen molar-refractivity contribution in [2.45, 2.75) is 19.9 Å². The van der Waals surface area contributed by atoms with Crippen molar-refractivity contribution in [1.29, 1.82) is 0 Å². The van der Waals surface area contributed by atoms with E-state index in [-0.39, 0.29) is 17.1 Å². The molecule has 4 heterocycles. The van der Waals surface area contributed by atoms with Crippen LogP contribution in [0, 0.1) is 12.7 Å². The topological polar surface area (TPSA) is 100 Å². The van der Waals surface area contributed by atoms with E-state index in [4.69, 9.17) is 15.6 Å². The summed E-state index contributed by atoms with van der Waals surface area (Å²) in [5, 5.41) is 7.34. The molecule has 0 aliphatic rings. The van der Waals surface area contributed by atoms with Gasteiger partial charge in [0.15, 0.2) is 17.2 Å². The zero-order valence-corrected chi connectivity index (χ0v) is 21.7. The van der Waals surface area contributed by atoms with E-state index in [9.17, 15) is 9.18 Å². The highest BCUT2D eigenvalue weighted by molar-refractivity contribution is 7.15. The number of nitrogens with zero attached hydrogens (tertiary/aromatic N) is 5. The third-order valence-corrected chi connectivity index (χ3v) is 7.73. The molecule has 0 radical (unpaired) electrons. The van der Waals surface area contributed by atoms with E-state index < -0.39 is 11.9 Å². The molecule has 0 spiro atoms. The fourth-order valence-electron chi connectivity index (χ4n) is 4.86. The van der Waals surface area contributed by atoms with Crippen LogP contribution in [0.25, 0.3) is 38.2 Å². The second kappa shape index (κ2) is 9.07. The smallest absolute Gasteiger partial charge is 0.264 e. The molecule has 0 fully saturated rings. The van der Waals surface area contributed by atoms with Gasteiger partial charge in [-0.15, -0.1) is 11.3 Å². The first-order valence-electron chi connectivity index (χ1n) is 11.9. The van der Waals surface area contributed by atoms with Gasteiger partial charge in [0, 0.05) is 16.6 Å². The van der Waals surface area contributed by atoms with Crippen LogP contribution in [0.3, 0.4) is 0 Å². The van der Waals surface area contributed by atoms with Crippen LogP contribution in [0.5, 0.6) is 5.75 Å². The molecule has 0 amide bonds. The second-order valence-electron chi connectivity index (χ2n) is 8.97. The number of benzene rings is 2. The molecule has 1 atom stereocenters. The number of thiazole rings is 1. The molecule has 6 aromatic rings. The summed E-state index contributed by atoms with van der Waals surface area (Å²) in [6, 6.07) is 15.8.